The van der Waals surface area contributed by atoms with Crippen LogP contribution in [-0.4, -0.2) is 24.0 Å². The van der Waals surface area contributed by atoms with Crippen LogP contribution in [0.15, 0.2) is 29.3 Å². The van der Waals surface area contributed by atoms with E-state index in [1.165, 1.54) is 0 Å². The minimum atomic E-state index is 0.355. The second kappa shape index (κ2) is 3.79. The van der Waals surface area contributed by atoms with Crippen LogP contribution in [0.5, 0.6) is 5.75 Å². The zero-order chi connectivity index (χ0) is 11.0. The van der Waals surface area contributed by atoms with Gasteiger partial charge in [-0.3, -0.25) is 4.99 Å². The van der Waals surface area contributed by atoms with E-state index in [1.807, 2.05) is 24.3 Å². The van der Waals surface area contributed by atoms with Crippen LogP contribution in [0.25, 0.3) is 10.1 Å². The van der Waals surface area contributed by atoms with Crippen LogP contribution < -0.4 is 5.32 Å². The van der Waals surface area contributed by atoms with Crippen molar-refractivity contribution >= 4 is 27.3 Å². The number of fused-ring (bicyclic) bond motifs is 1. The number of hydrogen-bond donors (Lipinski definition) is 2. The minimum absolute atomic E-state index is 0.355. The van der Waals surface area contributed by atoms with Gasteiger partial charge in [-0.2, -0.15) is 0 Å². The van der Waals surface area contributed by atoms with Gasteiger partial charge in [0.25, 0.3) is 0 Å². The van der Waals surface area contributed by atoms with Gasteiger partial charge < -0.3 is 10.4 Å². The number of rotatable bonds is 1. The van der Waals surface area contributed by atoms with Gasteiger partial charge in [0.1, 0.15) is 16.5 Å². The van der Waals surface area contributed by atoms with E-state index in [2.05, 4.69) is 10.3 Å². The Morgan fingerprint density at radius 3 is 2.94 bits per heavy atom. The third kappa shape index (κ3) is 1.46. The summed E-state index contributed by atoms with van der Waals surface area (Å²) in [7, 11) is 0. The molecule has 2 aromatic rings. The maximum absolute atomic E-state index is 10.1. The molecule has 2 N–H and O–H groups in total. The maximum Gasteiger partial charge on any atom is 0.145 e. The molecule has 0 saturated carbocycles. The van der Waals surface area contributed by atoms with E-state index >= 15 is 0 Å². The molecule has 3 rings (SSSR count). The molecule has 0 bridgehead atoms. The van der Waals surface area contributed by atoms with Gasteiger partial charge in [-0.25, -0.2) is 0 Å². The molecule has 16 heavy (non-hydrogen) atoms. The largest absolute Gasteiger partial charge is 0.506 e. The lowest BCUT2D eigenvalue weighted by molar-refractivity contribution is 0.482. The van der Waals surface area contributed by atoms with E-state index in [9.17, 15) is 5.11 Å². The summed E-state index contributed by atoms with van der Waals surface area (Å²) in [5.74, 6) is 1.19. The van der Waals surface area contributed by atoms with Crippen LogP contribution in [0.4, 0.5) is 0 Å². The Bertz CT molecular complexity index is 559. The van der Waals surface area contributed by atoms with Crippen LogP contribution >= 0.6 is 11.3 Å². The lowest BCUT2D eigenvalue weighted by Crippen LogP contribution is -2.29. The normalized spacial score (nSPS) is 15.9. The molecule has 1 aromatic carbocycles. The molecule has 1 aromatic heterocycles. The molecule has 0 amide bonds. The molecule has 0 fully saturated rings. The van der Waals surface area contributed by atoms with Crippen LogP contribution in [0.3, 0.4) is 0 Å². The van der Waals surface area contributed by atoms with Crippen LogP contribution in [0.1, 0.15) is 11.3 Å². The van der Waals surface area contributed by atoms with Crippen molar-refractivity contribution in [2.75, 3.05) is 13.1 Å². The molecule has 0 saturated heterocycles. The van der Waals surface area contributed by atoms with E-state index in [0.717, 1.165) is 40.3 Å². The quantitative estimate of drug-likeness (QED) is 0.792. The third-order valence-electron chi connectivity index (χ3n) is 2.68. The number of nitrogens with one attached hydrogen (secondary N) is 1. The fourth-order valence-electron chi connectivity index (χ4n) is 1.88. The first-order chi connectivity index (χ1) is 7.86. The van der Waals surface area contributed by atoms with Crippen molar-refractivity contribution in [3.05, 3.63) is 29.1 Å². The van der Waals surface area contributed by atoms with Gasteiger partial charge in [-0.05, 0) is 18.6 Å². The first-order valence-corrected chi connectivity index (χ1v) is 6.17. The summed E-state index contributed by atoms with van der Waals surface area (Å²) in [6.45, 7) is 1.78. The molecule has 0 radical (unpaired) electrons. The van der Waals surface area contributed by atoms with Gasteiger partial charge in [-0.15, -0.1) is 11.3 Å². The average molecular weight is 232 g/mol. The molecule has 0 spiro atoms. The summed E-state index contributed by atoms with van der Waals surface area (Å²) >= 11 is 1.59. The standard InChI is InChI=1S/C12H12N2OS/c15-10-8-4-1-2-5-9(8)16-11(10)12-13-6-3-7-14-12/h1-2,4-5,15H,3,6-7H2,(H,13,14). The zero-order valence-corrected chi connectivity index (χ0v) is 9.55. The second-order valence-corrected chi connectivity index (χ2v) is 4.84. The highest BCUT2D eigenvalue weighted by molar-refractivity contribution is 7.21. The Balaban J connectivity index is 2.16. The summed E-state index contributed by atoms with van der Waals surface area (Å²) in [6, 6.07) is 7.88. The topological polar surface area (TPSA) is 44.6 Å². The van der Waals surface area contributed by atoms with Gasteiger partial charge in [0.15, 0.2) is 0 Å². The Morgan fingerprint density at radius 1 is 1.31 bits per heavy atom. The Kier molecular flexibility index (Phi) is 2.29. The lowest BCUT2D eigenvalue weighted by Gasteiger charge is -2.13. The summed E-state index contributed by atoms with van der Waals surface area (Å²) < 4.78 is 1.10. The van der Waals surface area contributed by atoms with E-state index < -0.39 is 0 Å². The zero-order valence-electron chi connectivity index (χ0n) is 8.73. The minimum Gasteiger partial charge on any atom is -0.506 e. The van der Waals surface area contributed by atoms with Crippen molar-refractivity contribution in [2.45, 2.75) is 6.42 Å². The van der Waals surface area contributed by atoms with Crippen molar-refractivity contribution in [1.29, 1.82) is 0 Å². The highest BCUT2D eigenvalue weighted by Crippen LogP contribution is 2.36. The Morgan fingerprint density at radius 2 is 2.19 bits per heavy atom. The van der Waals surface area contributed by atoms with Crippen LogP contribution in [0.2, 0.25) is 0 Å². The smallest absolute Gasteiger partial charge is 0.145 e. The summed E-state index contributed by atoms with van der Waals surface area (Å²) in [5, 5.41) is 14.3. The van der Waals surface area contributed by atoms with E-state index in [-0.39, 0.29) is 0 Å². The fourth-order valence-corrected chi connectivity index (χ4v) is 2.96. The Labute approximate surface area is 97.4 Å². The molecule has 82 valence electrons. The molecule has 1 aliphatic rings. The predicted molar refractivity (Wildman–Crippen MR) is 67.5 cm³/mol. The number of benzene rings is 1. The van der Waals surface area contributed by atoms with E-state index in [4.69, 9.17) is 0 Å². The van der Waals surface area contributed by atoms with Gasteiger partial charge in [0.05, 0.1) is 0 Å². The van der Waals surface area contributed by atoms with Crippen molar-refractivity contribution in [3.8, 4) is 5.75 Å². The molecule has 3 nitrogen and oxygen atoms in total. The maximum atomic E-state index is 10.1. The first kappa shape index (κ1) is 9.66. The number of aliphatic imine (C=N–C) groups is 1. The second-order valence-electron chi connectivity index (χ2n) is 3.79. The highest BCUT2D eigenvalue weighted by Gasteiger charge is 2.16. The SMILES string of the molecule is Oc1c(C2=NCCCN2)sc2ccccc12. The molecule has 0 aliphatic carbocycles. The average Bonchev–Trinajstić information content (AvgIpc) is 2.69. The molecule has 0 atom stereocenters. The Hall–Kier alpha value is -1.55. The van der Waals surface area contributed by atoms with E-state index in [0.29, 0.717) is 5.75 Å². The van der Waals surface area contributed by atoms with E-state index in [1.54, 1.807) is 11.3 Å². The fraction of sp³-hybridized carbons (Fsp3) is 0.250. The molecule has 0 unspecified atom stereocenters. The van der Waals surface area contributed by atoms with Crippen molar-refractivity contribution < 1.29 is 5.11 Å². The first-order valence-electron chi connectivity index (χ1n) is 5.35. The number of amidine groups is 1. The number of thiophene rings is 1. The van der Waals surface area contributed by atoms with Crippen LogP contribution in [0, 0.1) is 0 Å². The van der Waals surface area contributed by atoms with Crippen molar-refractivity contribution in [2.24, 2.45) is 4.99 Å². The van der Waals surface area contributed by atoms with Crippen molar-refractivity contribution in [3.63, 3.8) is 0 Å². The van der Waals surface area contributed by atoms with Crippen molar-refractivity contribution in [1.82, 2.24) is 5.32 Å². The predicted octanol–water partition coefficient (Wildman–Crippen LogP) is 2.35. The molecular weight excluding hydrogens is 220 g/mol. The van der Waals surface area contributed by atoms with Crippen LogP contribution in [-0.2, 0) is 0 Å². The van der Waals surface area contributed by atoms with Gasteiger partial charge in [-0.1, -0.05) is 12.1 Å². The molecule has 4 heteroatoms. The van der Waals surface area contributed by atoms with Gasteiger partial charge >= 0.3 is 0 Å². The summed E-state index contributed by atoms with van der Waals surface area (Å²) in [6.07, 6.45) is 1.06. The van der Waals surface area contributed by atoms with Gasteiger partial charge in [0, 0.05) is 23.2 Å². The third-order valence-corrected chi connectivity index (χ3v) is 3.85. The number of aromatic hydroxyl groups is 1. The summed E-state index contributed by atoms with van der Waals surface area (Å²) in [5.41, 5.74) is 0. The molecular formula is C12H12N2OS. The molecule has 1 aliphatic heterocycles. The van der Waals surface area contributed by atoms with Gasteiger partial charge in [0.2, 0.25) is 0 Å². The number of nitrogens with zero attached hydrogens (tertiary/aromatic N) is 1. The summed E-state index contributed by atoms with van der Waals surface area (Å²) in [4.78, 5) is 5.27. The highest BCUT2D eigenvalue weighted by atomic mass is 32.1. The monoisotopic (exact) mass is 232 g/mol. The lowest BCUT2D eigenvalue weighted by atomic mass is 10.2. The number of hydrogen-bond acceptors (Lipinski definition) is 4. The molecule has 2 heterocycles.